The van der Waals surface area contributed by atoms with E-state index >= 15 is 0 Å². The van der Waals surface area contributed by atoms with Crippen LogP contribution in [0.4, 0.5) is 5.69 Å². The summed E-state index contributed by atoms with van der Waals surface area (Å²) in [6.45, 7) is 4.04. The van der Waals surface area contributed by atoms with Crippen LogP contribution in [0, 0.1) is 0 Å². The molecule has 0 aromatic carbocycles. The van der Waals surface area contributed by atoms with Gasteiger partial charge >= 0.3 is 0 Å². The van der Waals surface area contributed by atoms with Crippen molar-refractivity contribution >= 4 is 34.0 Å². The Kier molecular flexibility index (Phi) is 6.06. The highest BCUT2D eigenvalue weighted by molar-refractivity contribution is 7.87. The van der Waals surface area contributed by atoms with Crippen LogP contribution in [-0.2, 0) is 15.6 Å². The normalized spacial score (nSPS) is 12.5. The van der Waals surface area contributed by atoms with E-state index < -0.39 is 10.8 Å². The molecule has 0 bridgehead atoms. The lowest BCUT2D eigenvalue weighted by Gasteiger charge is -2.17. The monoisotopic (exact) mass is 352 g/mol. The summed E-state index contributed by atoms with van der Waals surface area (Å²) >= 11 is 6.17. The number of amides is 1. The van der Waals surface area contributed by atoms with E-state index in [0.717, 1.165) is 5.69 Å². The highest BCUT2D eigenvalue weighted by atomic mass is 35.5. The average Bonchev–Trinajstić information content (AvgIpc) is 2.96. The van der Waals surface area contributed by atoms with E-state index in [0.29, 0.717) is 18.0 Å². The van der Waals surface area contributed by atoms with Crippen LogP contribution in [-0.4, -0.2) is 37.2 Å². The summed E-state index contributed by atoms with van der Waals surface area (Å²) in [6.07, 6.45) is 6.29. The van der Waals surface area contributed by atoms with Crippen molar-refractivity contribution < 1.29 is 9.00 Å². The van der Waals surface area contributed by atoms with E-state index in [9.17, 15) is 9.00 Å². The molecule has 1 unspecified atom stereocenters. The molecule has 122 valence electrons. The van der Waals surface area contributed by atoms with E-state index in [1.165, 1.54) is 16.4 Å². The molecule has 1 atom stereocenters. The van der Waals surface area contributed by atoms with E-state index in [1.807, 2.05) is 13.0 Å². The van der Waals surface area contributed by atoms with Crippen molar-refractivity contribution in [3.8, 4) is 5.69 Å². The third kappa shape index (κ3) is 4.27. The van der Waals surface area contributed by atoms with Crippen LogP contribution < -0.4 is 4.90 Å². The molecule has 2 heterocycles. The average molecular weight is 353 g/mol. The fourth-order valence-electron chi connectivity index (χ4n) is 1.91. The molecule has 0 fully saturated rings. The Morgan fingerprint density at radius 1 is 1.48 bits per heavy atom. The quantitative estimate of drug-likeness (QED) is 0.749. The number of carbonyl (C=O) groups excluding carboxylic acids is 1. The van der Waals surface area contributed by atoms with Crippen LogP contribution >= 0.6 is 11.6 Å². The van der Waals surface area contributed by atoms with Gasteiger partial charge in [0.25, 0.3) is 5.91 Å². The second kappa shape index (κ2) is 8.03. The van der Waals surface area contributed by atoms with Crippen molar-refractivity contribution in [1.29, 1.82) is 0 Å². The molecule has 6 nitrogen and oxygen atoms in total. The molecule has 8 heteroatoms. The van der Waals surface area contributed by atoms with E-state index in [-0.39, 0.29) is 11.1 Å². The van der Waals surface area contributed by atoms with Gasteiger partial charge in [0.2, 0.25) is 0 Å². The van der Waals surface area contributed by atoms with Crippen LogP contribution in [0.3, 0.4) is 0 Å². The van der Waals surface area contributed by atoms with Gasteiger partial charge in [0, 0.05) is 40.8 Å². The van der Waals surface area contributed by atoms with Gasteiger partial charge in [-0.1, -0.05) is 18.5 Å². The Balaban J connectivity index is 2.28. The molecule has 23 heavy (non-hydrogen) atoms. The summed E-state index contributed by atoms with van der Waals surface area (Å²) in [7, 11) is -1.14. The number of hydrogen-bond donors (Lipinski definition) is 0. The lowest BCUT2D eigenvalue weighted by Crippen LogP contribution is -2.28. The maximum absolute atomic E-state index is 12.3. The molecular weight excluding hydrogens is 336 g/mol. The van der Waals surface area contributed by atoms with Gasteiger partial charge in [0.1, 0.15) is 5.69 Å². The van der Waals surface area contributed by atoms with E-state index in [4.69, 9.17) is 11.6 Å². The third-order valence-electron chi connectivity index (χ3n) is 3.08. The van der Waals surface area contributed by atoms with Gasteiger partial charge in [-0.2, -0.15) is 5.10 Å². The molecule has 2 aromatic heterocycles. The Morgan fingerprint density at radius 2 is 2.26 bits per heavy atom. The molecule has 0 aliphatic rings. The van der Waals surface area contributed by atoms with Crippen molar-refractivity contribution in [2.75, 3.05) is 17.2 Å². The van der Waals surface area contributed by atoms with Gasteiger partial charge in [-0.3, -0.25) is 14.0 Å². The Morgan fingerprint density at radius 3 is 2.87 bits per heavy atom. The van der Waals surface area contributed by atoms with Gasteiger partial charge in [-0.15, -0.1) is 0 Å². The van der Waals surface area contributed by atoms with Gasteiger partial charge < -0.3 is 4.90 Å². The predicted molar refractivity (Wildman–Crippen MR) is 92.2 cm³/mol. The number of pyridine rings is 1. The van der Waals surface area contributed by atoms with Crippen LogP contribution in [0.25, 0.3) is 5.69 Å². The molecule has 0 saturated carbocycles. The molecule has 0 aliphatic carbocycles. The van der Waals surface area contributed by atoms with E-state index in [1.54, 1.807) is 36.3 Å². The molecule has 0 N–H and O–H groups in total. The molecule has 2 aromatic rings. The van der Waals surface area contributed by atoms with Gasteiger partial charge in [-0.25, -0.2) is 4.68 Å². The standard InChI is InChI=1S/C15H17ClN4O2S/c1-3-19(14(21)7-9-23(22)4-2)13-11-20(18-15(13)16)12-6-5-8-17-10-12/h5-11H,3-4H2,1-2H3/b9-7+. The number of anilines is 1. The Labute approximate surface area is 142 Å². The second-order valence-corrected chi connectivity index (χ2v) is 6.48. The lowest BCUT2D eigenvalue weighted by atomic mass is 10.4. The fraction of sp³-hybridized carbons (Fsp3) is 0.267. The lowest BCUT2D eigenvalue weighted by molar-refractivity contribution is -0.114. The van der Waals surface area contributed by atoms with Crippen LogP contribution in [0.15, 0.2) is 42.2 Å². The van der Waals surface area contributed by atoms with Crippen LogP contribution in [0.2, 0.25) is 5.15 Å². The van der Waals surface area contributed by atoms with Gasteiger partial charge in [-0.05, 0) is 19.1 Å². The zero-order chi connectivity index (χ0) is 16.8. The van der Waals surface area contributed by atoms with Crippen molar-refractivity contribution in [2.45, 2.75) is 13.8 Å². The number of aromatic nitrogens is 3. The molecular formula is C15H17ClN4O2S. The van der Waals surface area contributed by atoms with E-state index in [2.05, 4.69) is 10.1 Å². The maximum Gasteiger partial charge on any atom is 0.251 e. The fourth-order valence-corrected chi connectivity index (χ4v) is 2.60. The van der Waals surface area contributed by atoms with Gasteiger partial charge in [0.15, 0.2) is 5.15 Å². The van der Waals surface area contributed by atoms with Crippen LogP contribution in [0.5, 0.6) is 0 Å². The summed E-state index contributed by atoms with van der Waals surface area (Å²) in [5, 5.41) is 5.82. The molecule has 0 spiro atoms. The molecule has 1 amide bonds. The number of nitrogens with zero attached hydrogens (tertiary/aromatic N) is 4. The number of halogens is 1. The summed E-state index contributed by atoms with van der Waals surface area (Å²) in [5.74, 6) is 0.178. The SMILES string of the molecule is CCN(C(=O)/C=C/S(=O)CC)c1cn(-c2cccnc2)nc1Cl. The zero-order valence-corrected chi connectivity index (χ0v) is 14.4. The topological polar surface area (TPSA) is 68.1 Å². The highest BCUT2D eigenvalue weighted by Gasteiger charge is 2.18. The van der Waals surface area contributed by atoms with Crippen LogP contribution in [0.1, 0.15) is 13.8 Å². The van der Waals surface area contributed by atoms with Crippen molar-refractivity contribution in [1.82, 2.24) is 14.8 Å². The minimum absolute atomic E-state index is 0.217. The minimum atomic E-state index is -1.14. The molecule has 0 aliphatic heterocycles. The smallest absolute Gasteiger partial charge is 0.251 e. The predicted octanol–water partition coefficient (Wildman–Crippen LogP) is 2.56. The summed E-state index contributed by atoms with van der Waals surface area (Å²) < 4.78 is 13.0. The third-order valence-corrected chi connectivity index (χ3v) is 4.36. The number of likely N-dealkylation sites (N-methyl/N-ethyl adjacent to an activating group) is 1. The summed E-state index contributed by atoms with van der Waals surface area (Å²) in [4.78, 5) is 17.8. The first-order valence-electron chi connectivity index (χ1n) is 7.09. The number of carbonyl (C=O) groups is 1. The highest BCUT2D eigenvalue weighted by Crippen LogP contribution is 2.26. The maximum atomic E-state index is 12.3. The minimum Gasteiger partial charge on any atom is -0.305 e. The first kappa shape index (κ1) is 17.4. The number of rotatable bonds is 6. The van der Waals surface area contributed by atoms with Crippen molar-refractivity contribution in [3.05, 3.63) is 47.4 Å². The first-order valence-corrected chi connectivity index (χ1v) is 8.85. The molecule has 0 saturated heterocycles. The van der Waals surface area contributed by atoms with Crippen molar-refractivity contribution in [2.24, 2.45) is 0 Å². The molecule has 0 radical (unpaired) electrons. The van der Waals surface area contributed by atoms with Gasteiger partial charge in [0.05, 0.1) is 18.1 Å². The van der Waals surface area contributed by atoms with Crippen molar-refractivity contribution in [3.63, 3.8) is 0 Å². The summed E-state index contributed by atoms with van der Waals surface area (Å²) in [5.41, 5.74) is 1.24. The first-order chi connectivity index (χ1) is 11.1. The Bertz CT molecular complexity index is 730. The second-order valence-electron chi connectivity index (χ2n) is 4.52. The number of hydrogen-bond acceptors (Lipinski definition) is 4. The Hall–Kier alpha value is -1.99. The zero-order valence-electron chi connectivity index (χ0n) is 12.8. The molecule has 2 rings (SSSR count). The summed E-state index contributed by atoms with van der Waals surface area (Å²) in [6, 6.07) is 3.62. The largest absolute Gasteiger partial charge is 0.305 e.